The lowest BCUT2D eigenvalue weighted by atomic mass is 10.1. The van der Waals surface area contributed by atoms with Crippen molar-refractivity contribution in [1.29, 1.82) is 0 Å². The Morgan fingerprint density at radius 3 is 2.59 bits per heavy atom. The van der Waals surface area contributed by atoms with Gasteiger partial charge in [0.1, 0.15) is 0 Å². The molecule has 1 aromatic heterocycles. The van der Waals surface area contributed by atoms with Crippen molar-refractivity contribution in [2.24, 2.45) is 11.3 Å². The highest BCUT2D eigenvalue weighted by Crippen LogP contribution is 2.65. The monoisotopic (exact) mass is 251 g/mol. The summed E-state index contributed by atoms with van der Waals surface area (Å²) in [5.41, 5.74) is 0.484. The normalized spacial score (nSPS) is 26.5. The Labute approximate surface area is 110 Å². The topological polar surface area (TPSA) is 12.0 Å². The zero-order chi connectivity index (χ0) is 12.6. The lowest BCUT2D eigenvalue weighted by molar-refractivity contribution is 0.491. The van der Waals surface area contributed by atoms with Crippen LogP contribution in [0.25, 0.3) is 0 Å². The Morgan fingerprint density at radius 1 is 1.35 bits per heavy atom. The van der Waals surface area contributed by atoms with E-state index in [0.29, 0.717) is 11.5 Å². The first-order chi connectivity index (χ1) is 7.96. The number of thiophene rings is 1. The largest absolute Gasteiger partial charge is 0.314 e. The number of nitrogens with one attached hydrogen (secondary N) is 1. The average Bonchev–Trinajstić information content (AvgIpc) is 2.65. The highest BCUT2D eigenvalue weighted by molar-refractivity contribution is 7.12. The molecule has 1 saturated carbocycles. The van der Waals surface area contributed by atoms with Crippen molar-refractivity contribution in [3.8, 4) is 0 Å². The molecule has 1 aliphatic carbocycles. The average molecular weight is 251 g/mol. The first kappa shape index (κ1) is 13.1. The van der Waals surface area contributed by atoms with Gasteiger partial charge in [0.25, 0.3) is 0 Å². The number of hydrogen-bond acceptors (Lipinski definition) is 2. The van der Waals surface area contributed by atoms with Gasteiger partial charge in [-0.3, -0.25) is 0 Å². The van der Waals surface area contributed by atoms with Crippen LogP contribution in [0, 0.1) is 11.3 Å². The summed E-state index contributed by atoms with van der Waals surface area (Å²) in [6.07, 6.45) is 1.17. The SMILES string of the molecule is CCc1ccc(C2C(CNC(C)C)C2(C)C)s1. The summed E-state index contributed by atoms with van der Waals surface area (Å²) in [7, 11) is 0. The summed E-state index contributed by atoms with van der Waals surface area (Å²) in [6, 6.07) is 5.26. The molecule has 2 atom stereocenters. The van der Waals surface area contributed by atoms with Crippen LogP contribution in [0.4, 0.5) is 0 Å². The predicted molar refractivity (Wildman–Crippen MR) is 76.8 cm³/mol. The molecule has 96 valence electrons. The Hall–Kier alpha value is -0.340. The van der Waals surface area contributed by atoms with Gasteiger partial charge in [-0.2, -0.15) is 0 Å². The molecule has 17 heavy (non-hydrogen) atoms. The summed E-state index contributed by atoms with van der Waals surface area (Å²) in [5.74, 6) is 1.59. The van der Waals surface area contributed by atoms with Crippen LogP contribution in [0.5, 0.6) is 0 Å². The molecule has 0 aromatic carbocycles. The highest BCUT2D eigenvalue weighted by Gasteiger charge is 2.58. The van der Waals surface area contributed by atoms with Crippen LogP contribution in [0.2, 0.25) is 0 Å². The van der Waals surface area contributed by atoms with E-state index in [-0.39, 0.29) is 0 Å². The highest BCUT2D eigenvalue weighted by atomic mass is 32.1. The molecule has 0 amide bonds. The van der Waals surface area contributed by atoms with Gasteiger partial charge < -0.3 is 5.32 Å². The van der Waals surface area contributed by atoms with E-state index in [1.807, 2.05) is 11.3 Å². The number of rotatable bonds is 5. The minimum Gasteiger partial charge on any atom is -0.314 e. The van der Waals surface area contributed by atoms with Gasteiger partial charge in [0, 0.05) is 21.7 Å². The van der Waals surface area contributed by atoms with Crippen LogP contribution in [0.1, 0.15) is 50.3 Å². The van der Waals surface area contributed by atoms with E-state index in [0.717, 1.165) is 18.4 Å². The molecule has 1 N–H and O–H groups in total. The van der Waals surface area contributed by atoms with Gasteiger partial charge in [0.15, 0.2) is 0 Å². The van der Waals surface area contributed by atoms with E-state index in [1.165, 1.54) is 11.3 Å². The van der Waals surface area contributed by atoms with E-state index < -0.39 is 0 Å². The fraction of sp³-hybridized carbons (Fsp3) is 0.733. The molecular formula is C15H25NS. The summed E-state index contributed by atoms with van der Waals surface area (Å²) in [4.78, 5) is 3.13. The van der Waals surface area contributed by atoms with Crippen LogP contribution >= 0.6 is 11.3 Å². The van der Waals surface area contributed by atoms with E-state index in [9.17, 15) is 0 Å². The standard InChI is InChI=1S/C15H25NS/c1-6-11-7-8-13(17-11)14-12(15(14,4)5)9-16-10(2)3/h7-8,10,12,14,16H,6,9H2,1-5H3. The number of aryl methyl sites for hydroxylation is 1. The third-order valence-electron chi connectivity index (χ3n) is 4.13. The lowest BCUT2D eigenvalue weighted by Gasteiger charge is -2.08. The molecule has 2 rings (SSSR count). The third kappa shape index (κ3) is 2.58. The molecule has 0 aliphatic heterocycles. The summed E-state index contributed by atoms with van der Waals surface area (Å²) >= 11 is 2.02. The maximum Gasteiger partial charge on any atom is 0.00880 e. The molecule has 0 saturated heterocycles. The zero-order valence-electron chi connectivity index (χ0n) is 11.7. The van der Waals surface area contributed by atoms with Gasteiger partial charge in [-0.1, -0.05) is 34.6 Å². The van der Waals surface area contributed by atoms with E-state index in [2.05, 4.69) is 52.1 Å². The summed E-state index contributed by atoms with van der Waals surface area (Å²) in [6.45, 7) is 12.7. The number of hydrogen-bond donors (Lipinski definition) is 1. The van der Waals surface area contributed by atoms with Gasteiger partial charge in [-0.25, -0.2) is 0 Å². The fourth-order valence-corrected chi connectivity index (χ4v) is 4.12. The summed E-state index contributed by atoms with van der Waals surface area (Å²) < 4.78 is 0. The van der Waals surface area contributed by atoms with Crippen molar-refractivity contribution in [2.75, 3.05) is 6.54 Å². The quantitative estimate of drug-likeness (QED) is 0.832. The lowest BCUT2D eigenvalue weighted by Crippen LogP contribution is -2.26. The maximum absolute atomic E-state index is 3.59. The molecule has 2 unspecified atom stereocenters. The zero-order valence-corrected chi connectivity index (χ0v) is 12.5. The molecule has 2 heteroatoms. The van der Waals surface area contributed by atoms with Crippen molar-refractivity contribution < 1.29 is 0 Å². The van der Waals surface area contributed by atoms with Gasteiger partial charge in [0.2, 0.25) is 0 Å². The van der Waals surface area contributed by atoms with Crippen LogP contribution in [0.15, 0.2) is 12.1 Å². The van der Waals surface area contributed by atoms with Gasteiger partial charge >= 0.3 is 0 Å². The van der Waals surface area contributed by atoms with Crippen molar-refractivity contribution in [2.45, 2.75) is 53.0 Å². The van der Waals surface area contributed by atoms with Crippen LogP contribution in [-0.2, 0) is 6.42 Å². The second-order valence-electron chi connectivity index (χ2n) is 6.13. The molecule has 0 radical (unpaired) electrons. The van der Waals surface area contributed by atoms with E-state index in [4.69, 9.17) is 0 Å². The minimum absolute atomic E-state index is 0.484. The Balaban J connectivity index is 2.02. The molecule has 1 nitrogen and oxygen atoms in total. The van der Waals surface area contributed by atoms with Gasteiger partial charge in [-0.15, -0.1) is 11.3 Å². The second-order valence-corrected chi connectivity index (χ2v) is 7.33. The third-order valence-corrected chi connectivity index (χ3v) is 5.45. The first-order valence-electron chi connectivity index (χ1n) is 6.78. The van der Waals surface area contributed by atoms with E-state index >= 15 is 0 Å². The molecule has 1 aromatic rings. The summed E-state index contributed by atoms with van der Waals surface area (Å²) in [5, 5.41) is 3.59. The Bertz CT molecular complexity index is 378. The van der Waals surface area contributed by atoms with E-state index in [1.54, 1.807) is 4.88 Å². The smallest absolute Gasteiger partial charge is 0.00880 e. The Morgan fingerprint density at radius 2 is 2.06 bits per heavy atom. The van der Waals surface area contributed by atoms with Crippen LogP contribution < -0.4 is 5.32 Å². The maximum atomic E-state index is 3.59. The van der Waals surface area contributed by atoms with Crippen molar-refractivity contribution in [1.82, 2.24) is 5.32 Å². The fourth-order valence-electron chi connectivity index (χ4n) is 2.80. The second kappa shape index (κ2) is 4.74. The van der Waals surface area contributed by atoms with Gasteiger partial charge in [0.05, 0.1) is 0 Å². The molecule has 1 aliphatic rings. The van der Waals surface area contributed by atoms with Crippen molar-refractivity contribution in [3.05, 3.63) is 21.9 Å². The van der Waals surface area contributed by atoms with Crippen molar-refractivity contribution >= 4 is 11.3 Å². The molecule has 0 spiro atoms. The van der Waals surface area contributed by atoms with Crippen LogP contribution in [0.3, 0.4) is 0 Å². The molecule has 0 bridgehead atoms. The van der Waals surface area contributed by atoms with Gasteiger partial charge in [-0.05, 0) is 36.4 Å². The predicted octanol–water partition coefficient (Wildman–Crippen LogP) is 4.05. The Kier molecular flexibility index (Phi) is 3.65. The minimum atomic E-state index is 0.484. The van der Waals surface area contributed by atoms with Crippen LogP contribution in [-0.4, -0.2) is 12.6 Å². The molecule has 1 fully saturated rings. The van der Waals surface area contributed by atoms with Crippen molar-refractivity contribution in [3.63, 3.8) is 0 Å². The molecule has 1 heterocycles. The first-order valence-corrected chi connectivity index (χ1v) is 7.60. The molecular weight excluding hydrogens is 226 g/mol.